The normalized spacial score (nSPS) is 22.4. The molecule has 3 rings (SSSR count). The Morgan fingerprint density at radius 2 is 2.25 bits per heavy atom. The molecule has 1 atom stereocenters. The van der Waals surface area contributed by atoms with Crippen molar-refractivity contribution < 1.29 is 8.78 Å². The van der Waals surface area contributed by atoms with E-state index in [1.165, 1.54) is 6.07 Å². The maximum Gasteiger partial charge on any atom is 0.164 e. The fraction of sp³-hybridized carbons (Fsp3) is 0.500. The third-order valence-electron chi connectivity index (χ3n) is 3.63. The van der Waals surface area contributed by atoms with Crippen LogP contribution < -0.4 is 10.2 Å². The number of rotatable bonds is 1. The second-order valence-electron chi connectivity index (χ2n) is 4.54. The Morgan fingerprint density at radius 1 is 1.44 bits per heavy atom. The lowest BCUT2D eigenvalue weighted by atomic mass is 9.96. The van der Waals surface area contributed by atoms with Crippen LogP contribution >= 0.6 is 0 Å². The van der Waals surface area contributed by atoms with Crippen LogP contribution in [0.4, 0.5) is 14.5 Å². The van der Waals surface area contributed by atoms with Gasteiger partial charge in [-0.25, -0.2) is 8.78 Å². The predicted octanol–water partition coefficient (Wildman–Crippen LogP) is 1.47. The molecule has 2 aliphatic heterocycles. The number of likely N-dealkylation sites (N-methyl/N-ethyl adjacent to an activating group) is 1. The third kappa shape index (κ3) is 1.26. The Morgan fingerprint density at radius 3 is 3.00 bits per heavy atom. The maximum absolute atomic E-state index is 13.6. The summed E-state index contributed by atoms with van der Waals surface area (Å²) < 4.78 is 27.0. The van der Waals surface area contributed by atoms with Gasteiger partial charge in [0.25, 0.3) is 0 Å². The van der Waals surface area contributed by atoms with E-state index in [1.54, 1.807) is 0 Å². The van der Waals surface area contributed by atoms with E-state index in [9.17, 15) is 8.78 Å². The lowest BCUT2D eigenvalue weighted by Gasteiger charge is -2.33. The van der Waals surface area contributed by atoms with Gasteiger partial charge in [-0.1, -0.05) is 0 Å². The standard InChI is InChI=1S/C12H14F2N2/c1-15-8-4-7-5-10(13)11(14)9-2-3-16(6-8)12(7)9/h5,8,15H,2-4,6H2,1H3/t8-/m1/s1. The highest BCUT2D eigenvalue weighted by Crippen LogP contribution is 2.38. The molecular weight excluding hydrogens is 210 g/mol. The first-order valence-electron chi connectivity index (χ1n) is 5.62. The number of nitrogens with zero attached hydrogens (tertiary/aromatic N) is 1. The van der Waals surface area contributed by atoms with Crippen LogP contribution in [0.2, 0.25) is 0 Å². The molecule has 0 radical (unpaired) electrons. The molecule has 0 fully saturated rings. The molecule has 1 aromatic rings. The molecule has 0 amide bonds. The first-order valence-corrected chi connectivity index (χ1v) is 5.62. The van der Waals surface area contributed by atoms with E-state index in [4.69, 9.17) is 0 Å². The molecule has 0 saturated carbocycles. The number of nitrogens with one attached hydrogen (secondary N) is 1. The summed E-state index contributed by atoms with van der Waals surface area (Å²) in [6, 6.07) is 1.69. The van der Waals surface area contributed by atoms with Crippen LogP contribution in [0.3, 0.4) is 0 Å². The van der Waals surface area contributed by atoms with E-state index in [-0.39, 0.29) is 0 Å². The van der Waals surface area contributed by atoms with Gasteiger partial charge in [-0.2, -0.15) is 0 Å². The zero-order valence-electron chi connectivity index (χ0n) is 9.19. The number of halogens is 2. The molecule has 0 bridgehead atoms. The van der Waals surface area contributed by atoms with Crippen LogP contribution in [-0.2, 0) is 12.8 Å². The Labute approximate surface area is 93.3 Å². The summed E-state index contributed by atoms with van der Waals surface area (Å²) in [5.74, 6) is -1.35. The van der Waals surface area contributed by atoms with Crippen molar-refractivity contribution in [2.24, 2.45) is 0 Å². The Hall–Kier alpha value is -1.16. The molecule has 4 heteroatoms. The van der Waals surface area contributed by atoms with Crippen molar-refractivity contribution in [3.63, 3.8) is 0 Å². The minimum atomic E-state index is -0.702. The molecule has 2 heterocycles. The smallest absolute Gasteiger partial charge is 0.164 e. The highest BCUT2D eigenvalue weighted by atomic mass is 19.2. The average molecular weight is 224 g/mol. The molecule has 0 aliphatic carbocycles. The SMILES string of the molecule is CN[C@@H]1Cc2cc(F)c(F)c3c2N(CC3)C1. The van der Waals surface area contributed by atoms with Crippen molar-refractivity contribution in [3.8, 4) is 0 Å². The molecule has 0 saturated heterocycles. The first-order chi connectivity index (χ1) is 7.70. The second kappa shape index (κ2) is 3.42. The minimum absolute atomic E-state index is 0.336. The summed E-state index contributed by atoms with van der Waals surface area (Å²) in [4.78, 5) is 2.16. The number of anilines is 1. The van der Waals surface area contributed by atoms with Crippen LogP contribution in [0.15, 0.2) is 6.07 Å². The summed E-state index contributed by atoms with van der Waals surface area (Å²) in [6.07, 6.45) is 1.41. The quantitative estimate of drug-likeness (QED) is 0.777. The maximum atomic E-state index is 13.6. The Bertz CT molecular complexity index is 445. The summed E-state index contributed by atoms with van der Waals surface area (Å²) >= 11 is 0. The van der Waals surface area contributed by atoms with Crippen molar-refractivity contribution >= 4 is 5.69 Å². The van der Waals surface area contributed by atoms with E-state index in [2.05, 4.69) is 10.2 Å². The molecule has 2 aliphatic rings. The molecular formula is C12H14F2N2. The average Bonchev–Trinajstić information content (AvgIpc) is 2.70. The van der Waals surface area contributed by atoms with Crippen LogP contribution in [0.5, 0.6) is 0 Å². The molecule has 0 spiro atoms. The van der Waals surface area contributed by atoms with Gasteiger partial charge in [-0.05, 0) is 31.5 Å². The zero-order valence-corrected chi connectivity index (χ0v) is 9.19. The fourth-order valence-electron chi connectivity index (χ4n) is 2.83. The highest BCUT2D eigenvalue weighted by molar-refractivity contribution is 5.66. The zero-order chi connectivity index (χ0) is 11.3. The van der Waals surface area contributed by atoms with E-state index in [1.807, 2.05) is 7.05 Å². The van der Waals surface area contributed by atoms with E-state index < -0.39 is 11.6 Å². The number of hydrogen-bond acceptors (Lipinski definition) is 2. The van der Waals surface area contributed by atoms with Gasteiger partial charge >= 0.3 is 0 Å². The van der Waals surface area contributed by atoms with Crippen LogP contribution in [0, 0.1) is 11.6 Å². The molecule has 86 valence electrons. The Balaban J connectivity index is 2.14. The largest absolute Gasteiger partial charge is 0.369 e. The van der Waals surface area contributed by atoms with E-state index >= 15 is 0 Å². The lowest BCUT2D eigenvalue weighted by Crippen LogP contribution is -2.43. The Kier molecular flexibility index (Phi) is 2.14. The minimum Gasteiger partial charge on any atom is -0.369 e. The summed E-state index contributed by atoms with van der Waals surface area (Å²) in [7, 11) is 1.91. The van der Waals surface area contributed by atoms with E-state index in [0.29, 0.717) is 18.0 Å². The van der Waals surface area contributed by atoms with Gasteiger partial charge in [0.05, 0.1) is 0 Å². The van der Waals surface area contributed by atoms with Crippen molar-refractivity contribution in [2.75, 3.05) is 25.0 Å². The van der Waals surface area contributed by atoms with Gasteiger partial charge in [0, 0.05) is 30.4 Å². The summed E-state index contributed by atoms with van der Waals surface area (Å²) in [6.45, 7) is 1.70. The van der Waals surface area contributed by atoms with Crippen molar-refractivity contribution in [3.05, 3.63) is 28.8 Å². The van der Waals surface area contributed by atoms with Gasteiger partial charge in [0.1, 0.15) is 0 Å². The summed E-state index contributed by atoms with van der Waals surface area (Å²) in [5.41, 5.74) is 2.46. The number of benzene rings is 1. The fourth-order valence-corrected chi connectivity index (χ4v) is 2.83. The van der Waals surface area contributed by atoms with Crippen molar-refractivity contribution in [1.29, 1.82) is 0 Å². The van der Waals surface area contributed by atoms with Gasteiger partial charge < -0.3 is 10.2 Å². The molecule has 0 aromatic heterocycles. The van der Waals surface area contributed by atoms with Crippen LogP contribution in [0.25, 0.3) is 0 Å². The van der Waals surface area contributed by atoms with Crippen molar-refractivity contribution in [1.82, 2.24) is 5.32 Å². The topological polar surface area (TPSA) is 15.3 Å². The third-order valence-corrected chi connectivity index (χ3v) is 3.63. The molecule has 2 nitrogen and oxygen atoms in total. The molecule has 0 unspecified atom stereocenters. The van der Waals surface area contributed by atoms with Crippen molar-refractivity contribution in [2.45, 2.75) is 18.9 Å². The van der Waals surface area contributed by atoms with E-state index in [0.717, 1.165) is 30.8 Å². The molecule has 1 N–H and O–H groups in total. The highest BCUT2D eigenvalue weighted by Gasteiger charge is 2.33. The van der Waals surface area contributed by atoms with Gasteiger partial charge in [0.2, 0.25) is 0 Å². The predicted molar refractivity (Wildman–Crippen MR) is 58.8 cm³/mol. The van der Waals surface area contributed by atoms with Crippen LogP contribution in [-0.4, -0.2) is 26.2 Å². The monoisotopic (exact) mass is 224 g/mol. The first kappa shape index (κ1) is 10.0. The number of hydrogen-bond donors (Lipinski definition) is 1. The van der Waals surface area contributed by atoms with Crippen LogP contribution in [0.1, 0.15) is 11.1 Å². The second-order valence-corrected chi connectivity index (χ2v) is 4.54. The van der Waals surface area contributed by atoms with Gasteiger partial charge in [-0.15, -0.1) is 0 Å². The van der Waals surface area contributed by atoms with Gasteiger partial charge in [0.15, 0.2) is 11.6 Å². The molecule has 16 heavy (non-hydrogen) atoms. The molecule has 1 aromatic carbocycles. The summed E-state index contributed by atoms with van der Waals surface area (Å²) in [5, 5.41) is 3.21. The lowest BCUT2D eigenvalue weighted by molar-refractivity contribution is 0.495. The van der Waals surface area contributed by atoms with Gasteiger partial charge in [-0.3, -0.25) is 0 Å².